The van der Waals surface area contributed by atoms with Gasteiger partial charge in [-0.05, 0) is 11.4 Å². The largest absolute Gasteiger partial charge is 0.442 e. The SMILES string of the molecule is Cn1cc(Cn2c(-c3cccs3)noc2=O)cn1. The summed E-state index contributed by atoms with van der Waals surface area (Å²) in [5, 5.41) is 9.83. The molecule has 0 aliphatic carbocycles. The first kappa shape index (κ1) is 11.0. The number of nitrogens with zero attached hydrogens (tertiary/aromatic N) is 4. The molecule has 0 saturated heterocycles. The molecule has 0 saturated carbocycles. The van der Waals surface area contributed by atoms with Crippen LogP contribution in [-0.4, -0.2) is 19.5 Å². The quantitative estimate of drug-likeness (QED) is 0.714. The van der Waals surface area contributed by atoms with E-state index in [9.17, 15) is 4.79 Å². The molecule has 0 fully saturated rings. The summed E-state index contributed by atoms with van der Waals surface area (Å²) in [4.78, 5) is 12.6. The van der Waals surface area contributed by atoms with Gasteiger partial charge in [-0.25, -0.2) is 4.79 Å². The lowest BCUT2D eigenvalue weighted by molar-refractivity contribution is 0.378. The highest BCUT2D eigenvalue weighted by atomic mass is 32.1. The van der Waals surface area contributed by atoms with Gasteiger partial charge in [0.25, 0.3) is 0 Å². The molecule has 3 aromatic heterocycles. The van der Waals surface area contributed by atoms with Gasteiger partial charge in [0.15, 0.2) is 5.82 Å². The van der Waals surface area contributed by atoms with Gasteiger partial charge in [0.1, 0.15) is 0 Å². The van der Waals surface area contributed by atoms with E-state index >= 15 is 0 Å². The molecule has 0 aliphatic rings. The Labute approximate surface area is 106 Å². The zero-order chi connectivity index (χ0) is 12.5. The van der Waals surface area contributed by atoms with Crippen LogP contribution in [0.25, 0.3) is 10.7 Å². The van der Waals surface area contributed by atoms with Crippen molar-refractivity contribution in [3.05, 3.63) is 46.0 Å². The first-order chi connectivity index (χ1) is 8.74. The fourth-order valence-corrected chi connectivity index (χ4v) is 2.44. The van der Waals surface area contributed by atoms with Crippen LogP contribution in [0.15, 0.2) is 39.2 Å². The molecule has 0 aromatic carbocycles. The predicted octanol–water partition coefficient (Wildman–Crippen LogP) is 1.35. The van der Waals surface area contributed by atoms with Crippen molar-refractivity contribution in [3.8, 4) is 10.7 Å². The summed E-state index contributed by atoms with van der Waals surface area (Å²) in [6, 6.07) is 3.81. The first-order valence-electron chi connectivity index (χ1n) is 5.32. The molecule has 6 nitrogen and oxygen atoms in total. The summed E-state index contributed by atoms with van der Waals surface area (Å²) in [6.45, 7) is 0.406. The third-order valence-corrected chi connectivity index (χ3v) is 3.39. The van der Waals surface area contributed by atoms with Crippen LogP contribution < -0.4 is 5.76 Å². The van der Waals surface area contributed by atoms with Crippen molar-refractivity contribution >= 4 is 11.3 Å². The molecule has 0 radical (unpaired) electrons. The fraction of sp³-hybridized carbons (Fsp3) is 0.182. The van der Waals surface area contributed by atoms with Crippen LogP contribution in [0.3, 0.4) is 0 Å². The van der Waals surface area contributed by atoms with Gasteiger partial charge in [0.05, 0.1) is 17.6 Å². The Morgan fingerprint density at radius 2 is 2.39 bits per heavy atom. The van der Waals surface area contributed by atoms with E-state index in [4.69, 9.17) is 4.52 Å². The number of aryl methyl sites for hydroxylation is 1. The van der Waals surface area contributed by atoms with E-state index in [1.807, 2.05) is 30.8 Å². The van der Waals surface area contributed by atoms with Gasteiger partial charge >= 0.3 is 5.76 Å². The van der Waals surface area contributed by atoms with Gasteiger partial charge in [0, 0.05) is 18.8 Å². The third-order valence-electron chi connectivity index (χ3n) is 2.53. The number of rotatable bonds is 3. The summed E-state index contributed by atoms with van der Waals surface area (Å²) >= 11 is 1.52. The standard InChI is InChI=1S/C11H10N4O2S/c1-14-6-8(5-12-14)7-15-10(13-17-11(15)16)9-3-2-4-18-9/h2-6H,7H2,1H3. The molecule has 92 valence electrons. The number of hydrogen-bond acceptors (Lipinski definition) is 5. The van der Waals surface area contributed by atoms with Crippen LogP contribution in [0.5, 0.6) is 0 Å². The Morgan fingerprint density at radius 3 is 3.06 bits per heavy atom. The molecule has 0 bridgehead atoms. The van der Waals surface area contributed by atoms with E-state index in [0.29, 0.717) is 12.4 Å². The monoisotopic (exact) mass is 262 g/mol. The predicted molar refractivity (Wildman–Crippen MR) is 66.4 cm³/mol. The second-order valence-corrected chi connectivity index (χ2v) is 4.81. The molecule has 0 aliphatic heterocycles. The van der Waals surface area contributed by atoms with Gasteiger partial charge in [-0.15, -0.1) is 11.3 Å². The molecule has 0 atom stereocenters. The third kappa shape index (κ3) is 1.88. The lowest BCUT2D eigenvalue weighted by Gasteiger charge is -1.99. The Balaban J connectivity index is 2.01. The highest BCUT2D eigenvalue weighted by Crippen LogP contribution is 2.22. The van der Waals surface area contributed by atoms with E-state index in [1.54, 1.807) is 10.9 Å². The minimum Gasteiger partial charge on any atom is -0.295 e. The maximum Gasteiger partial charge on any atom is 0.442 e. The van der Waals surface area contributed by atoms with E-state index < -0.39 is 5.76 Å². The second-order valence-electron chi connectivity index (χ2n) is 3.86. The summed E-state index contributed by atoms with van der Waals surface area (Å²) in [5.41, 5.74) is 0.931. The highest BCUT2D eigenvalue weighted by molar-refractivity contribution is 7.13. The lowest BCUT2D eigenvalue weighted by atomic mass is 10.3. The Morgan fingerprint density at radius 1 is 1.50 bits per heavy atom. The minimum absolute atomic E-state index is 0.406. The second kappa shape index (κ2) is 4.26. The van der Waals surface area contributed by atoms with Crippen LogP contribution in [0, 0.1) is 0 Å². The zero-order valence-electron chi connectivity index (χ0n) is 9.61. The number of hydrogen-bond donors (Lipinski definition) is 0. The van der Waals surface area contributed by atoms with Crippen LogP contribution in [0.2, 0.25) is 0 Å². The molecule has 0 spiro atoms. The normalized spacial score (nSPS) is 10.9. The van der Waals surface area contributed by atoms with Crippen molar-refractivity contribution in [1.29, 1.82) is 0 Å². The molecule has 3 aromatic rings. The van der Waals surface area contributed by atoms with Gasteiger partial charge in [-0.1, -0.05) is 11.2 Å². The minimum atomic E-state index is -0.456. The fourth-order valence-electron chi connectivity index (χ4n) is 1.73. The topological polar surface area (TPSA) is 65.8 Å². The molecule has 0 amide bonds. The molecule has 0 unspecified atom stereocenters. The Bertz CT molecular complexity index is 708. The van der Waals surface area contributed by atoms with Crippen LogP contribution in [-0.2, 0) is 13.6 Å². The van der Waals surface area contributed by atoms with E-state index in [1.165, 1.54) is 15.9 Å². The average molecular weight is 262 g/mol. The molecular formula is C11H10N4O2S. The Kier molecular flexibility index (Phi) is 2.60. The van der Waals surface area contributed by atoms with Crippen molar-refractivity contribution in [3.63, 3.8) is 0 Å². The van der Waals surface area contributed by atoms with Crippen molar-refractivity contribution in [2.45, 2.75) is 6.54 Å². The summed E-state index contributed by atoms with van der Waals surface area (Å²) in [6.07, 6.45) is 3.58. The lowest BCUT2D eigenvalue weighted by Crippen LogP contribution is -2.15. The molecule has 7 heteroatoms. The zero-order valence-corrected chi connectivity index (χ0v) is 10.4. The first-order valence-corrected chi connectivity index (χ1v) is 6.20. The number of aromatic nitrogens is 4. The maximum absolute atomic E-state index is 11.7. The van der Waals surface area contributed by atoms with E-state index in [-0.39, 0.29) is 0 Å². The van der Waals surface area contributed by atoms with Gasteiger partial charge < -0.3 is 0 Å². The van der Waals surface area contributed by atoms with Gasteiger partial charge in [-0.2, -0.15) is 5.10 Å². The van der Waals surface area contributed by atoms with Gasteiger partial charge in [0.2, 0.25) is 0 Å². The molecule has 3 rings (SSSR count). The summed E-state index contributed by atoms with van der Waals surface area (Å²) in [7, 11) is 1.83. The van der Waals surface area contributed by atoms with Gasteiger partial charge in [-0.3, -0.25) is 13.8 Å². The molecule has 18 heavy (non-hydrogen) atoms. The smallest absolute Gasteiger partial charge is 0.295 e. The van der Waals surface area contributed by atoms with Crippen molar-refractivity contribution in [2.24, 2.45) is 7.05 Å². The van der Waals surface area contributed by atoms with E-state index in [0.717, 1.165) is 10.4 Å². The Hall–Kier alpha value is -2.15. The average Bonchev–Trinajstić information content (AvgIpc) is 3.03. The molecule has 3 heterocycles. The van der Waals surface area contributed by atoms with Crippen molar-refractivity contribution < 1.29 is 4.52 Å². The van der Waals surface area contributed by atoms with Crippen LogP contribution in [0.1, 0.15) is 5.56 Å². The number of thiophene rings is 1. The van der Waals surface area contributed by atoms with E-state index in [2.05, 4.69) is 10.3 Å². The molecular weight excluding hydrogens is 252 g/mol. The maximum atomic E-state index is 11.7. The highest BCUT2D eigenvalue weighted by Gasteiger charge is 2.14. The van der Waals surface area contributed by atoms with Crippen LogP contribution in [0.4, 0.5) is 0 Å². The van der Waals surface area contributed by atoms with Crippen molar-refractivity contribution in [2.75, 3.05) is 0 Å². The van der Waals surface area contributed by atoms with Crippen LogP contribution >= 0.6 is 11.3 Å². The summed E-state index contributed by atoms with van der Waals surface area (Å²) in [5.74, 6) is 0.0982. The van der Waals surface area contributed by atoms with Crippen molar-refractivity contribution in [1.82, 2.24) is 19.5 Å². The summed E-state index contributed by atoms with van der Waals surface area (Å²) < 4.78 is 7.93. The molecule has 0 N–H and O–H groups in total.